The Balaban J connectivity index is 2.00. The van der Waals surface area contributed by atoms with Crippen LogP contribution in [0, 0.1) is 5.41 Å². The maximum atomic E-state index is 13.3. The lowest BCUT2D eigenvalue weighted by atomic mass is 9.78. The molecular weight excluding hydrogens is 414 g/mol. The van der Waals surface area contributed by atoms with Crippen molar-refractivity contribution in [2.24, 2.45) is 5.41 Å². The third-order valence-electron chi connectivity index (χ3n) is 5.45. The summed E-state index contributed by atoms with van der Waals surface area (Å²) in [6.45, 7) is 11.2. The summed E-state index contributed by atoms with van der Waals surface area (Å²) in [7, 11) is 0. The van der Waals surface area contributed by atoms with Crippen LogP contribution in [0.1, 0.15) is 63.6 Å². The molecule has 1 aliphatic heterocycles. The molecule has 0 N–H and O–H groups in total. The summed E-state index contributed by atoms with van der Waals surface area (Å²) in [6, 6.07) is 14.3. The van der Waals surface area contributed by atoms with Gasteiger partial charge in [-0.15, -0.1) is 0 Å². The summed E-state index contributed by atoms with van der Waals surface area (Å²) >= 11 is 3.65. The van der Waals surface area contributed by atoms with Gasteiger partial charge in [-0.25, -0.2) is 4.79 Å². The van der Waals surface area contributed by atoms with Gasteiger partial charge < -0.3 is 4.74 Å². The van der Waals surface area contributed by atoms with Gasteiger partial charge in [-0.3, -0.25) is 4.90 Å². The van der Waals surface area contributed by atoms with Crippen molar-refractivity contribution >= 4 is 27.7 Å². The minimum Gasteiger partial charge on any atom is -0.444 e. The summed E-state index contributed by atoms with van der Waals surface area (Å²) in [4.78, 5) is 15.3. The average Bonchev–Trinajstić information content (AvgIpc) is 2.64. The molecule has 0 saturated heterocycles. The smallest absolute Gasteiger partial charge is 0.414 e. The largest absolute Gasteiger partial charge is 0.444 e. The van der Waals surface area contributed by atoms with Crippen molar-refractivity contribution in [1.29, 1.82) is 0 Å². The number of carbonyl (C=O) groups excluding carboxylic acids is 1. The van der Waals surface area contributed by atoms with Crippen LogP contribution in [0.25, 0.3) is 0 Å². The standard InChI is InChI=1S/C24H30BrNO2/c1-16(2)20-14-19(25)13-18-11-12-21(24(3,4)5)26(22(18)20)23(27)28-15-17-9-7-6-8-10-17/h6-10,13-14,16,21H,11-12,15H2,1-5H3. The Bertz CT molecular complexity index is 840. The predicted molar refractivity (Wildman–Crippen MR) is 119 cm³/mol. The Morgan fingerprint density at radius 1 is 1.21 bits per heavy atom. The number of halogens is 1. The van der Waals surface area contributed by atoms with Gasteiger partial charge in [0.2, 0.25) is 0 Å². The van der Waals surface area contributed by atoms with Crippen molar-refractivity contribution in [3.8, 4) is 0 Å². The molecule has 3 nitrogen and oxygen atoms in total. The highest BCUT2D eigenvalue weighted by molar-refractivity contribution is 9.10. The molecular formula is C24H30BrNO2. The van der Waals surface area contributed by atoms with Crippen molar-refractivity contribution in [3.63, 3.8) is 0 Å². The molecule has 1 amide bonds. The van der Waals surface area contributed by atoms with Crippen molar-refractivity contribution in [2.75, 3.05) is 4.90 Å². The zero-order valence-electron chi connectivity index (χ0n) is 17.5. The number of fused-ring (bicyclic) bond motifs is 1. The number of benzene rings is 2. The van der Waals surface area contributed by atoms with Crippen LogP contribution in [0.4, 0.5) is 10.5 Å². The lowest BCUT2D eigenvalue weighted by molar-refractivity contribution is 0.136. The van der Waals surface area contributed by atoms with Crippen LogP contribution in [0.5, 0.6) is 0 Å². The molecule has 2 aromatic rings. The molecule has 150 valence electrons. The third kappa shape index (κ3) is 4.43. The van der Waals surface area contributed by atoms with Crippen molar-refractivity contribution in [2.45, 2.75) is 66.0 Å². The van der Waals surface area contributed by atoms with Crippen LogP contribution in [0.3, 0.4) is 0 Å². The monoisotopic (exact) mass is 443 g/mol. The molecule has 0 radical (unpaired) electrons. The van der Waals surface area contributed by atoms with Gasteiger partial charge in [-0.2, -0.15) is 0 Å². The van der Waals surface area contributed by atoms with Crippen LogP contribution >= 0.6 is 15.9 Å². The van der Waals surface area contributed by atoms with E-state index in [0.717, 1.165) is 28.6 Å². The lowest BCUT2D eigenvalue weighted by Gasteiger charge is -2.44. The van der Waals surface area contributed by atoms with Gasteiger partial charge in [0.15, 0.2) is 0 Å². The molecule has 3 rings (SSSR count). The fourth-order valence-corrected chi connectivity index (χ4v) is 4.53. The molecule has 1 aliphatic rings. The van der Waals surface area contributed by atoms with Crippen LogP contribution < -0.4 is 4.90 Å². The Morgan fingerprint density at radius 2 is 1.89 bits per heavy atom. The average molecular weight is 444 g/mol. The van der Waals surface area contributed by atoms with Gasteiger partial charge in [-0.05, 0) is 53.0 Å². The zero-order chi connectivity index (χ0) is 20.5. The van der Waals surface area contributed by atoms with Crippen LogP contribution in [0.2, 0.25) is 0 Å². The molecule has 1 unspecified atom stereocenters. The SMILES string of the molecule is CC(C)c1cc(Br)cc2c1N(C(=O)OCc1ccccc1)C(C(C)(C)C)CC2. The fourth-order valence-electron chi connectivity index (χ4n) is 4.01. The molecule has 0 saturated carbocycles. The minimum atomic E-state index is -0.256. The number of rotatable bonds is 3. The molecule has 1 atom stereocenters. The number of hydrogen-bond donors (Lipinski definition) is 0. The predicted octanol–water partition coefficient (Wildman–Crippen LogP) is 7.08. The van der Waals surface area contributed by atoms with E-state index in [9.17, 15) is 4.79 Å². The molecule has 0 aliphatic carbocycles. The van der Waals surface area contributed by atoms with Crippen molar-refractivity contribution in [1.82, 2.24) is 0 Å². The molecule has 1 heterocycles. The van der Waals surface area contributed by atoms with E-state index in [1.54, 1.807) is 0 Å². The Hall–Kier alpha value is -1.81. The molecule has 2 aromatic carbocycles. The van der Waals surface area contributed by atoms with E-state index in [1.807, 2.05) is 35.2 Å². The quantitative estimate of drug-likeness (QED) is 0.506. The first kappa shape index (κ1) is 20.9. The van der Waals surface area contributed by atoms with Gasteiger partial charge in [0.25, 0.3) is 0 Å². The molecule has 28 heavy (non-hydrogen) atoms. The molecule has 4 heteroatoms. The Kier molecular flexibility index (Phi) is 6.18. The second kappa shape index (κ2) is 8.28. The minimum absolute atomic E-state index is 0.0369. The van der Waals surface area contributed by atoms with Gasteiger partial charge in [0.1, 0.15) is 6.61 Å². The highest BCUT2D eigenvalue weighted by Crippen LogP contribution is 2.44. The molecule has 0 bridgehead atoms. The van der Waals surface area contributed by atoms with E-state index in [1.165, 1.54) is 11.1 Å². The first-order valence-corrected chi connectivity index (χ1v) is 10.8. The van der Waals surface area contributed by atoms with Gasteiger partial charge >= 0.3 is 6.09 Å². The normalized spacial score (nSPS) is 16.8. The number of ether oxygens (including phenoxy) is 1. The molecule has 0 spiro atoms. The van der Waals surface area contributed by atoms with E-state index >= 15 is 0 Å². The summed E-state index contributed by atoms with van der Waals surface area (Å²) in [5.74, 6) is 0.314. The van der Waals surface area contributed by atoms with Gasteiger partial charge in [0, 0.05) is 10.5 Å². The van der Waals surface area contributed by atoms with E-state index in [4.69, 9.17) is 4.74 Å². The van der Waals surface area contributed by atoms with Crippen LogP contribution in [0.15, 0.2) is 46.9 Å². The van der Waals surface area contributed by atoms with Crippen molar-refractivity contribution in [3.05, 3.63) is 63.6 Å². The fraction of sp³-hybridized carbons (Fsp3) is 0.458. The number of hydrogen-bond acceptors (Lipinski definition) is 2. The first-order valence-electron chi connectivity index (χ1n) is 10.0. The molecule has 0 aromatic heterocycles. The summed E-state index contributed by atoms with van der Waals surface area (Å²) < 4.78 is 6.86. The number of aryl methyl sites for hydroxylation is 1. The van der Waals surface area contributed by atoms with E-state index in [2.05, 4.69) is 62.7 Å². The first-order chi connectivity index (χ1) is 13.2. The van der Waals surface area contributed by atoms with Gasteiger partial charge in [0.05, 0.1) is 5.69 Å². The number of anilines is 1. The van der Waals surface area contributed by atoms with E-state index < -0.39 is 0 Å². The maximum absolute atomic E-state index is 13.3. The Labute approximate surface area is 177 Å². The van der Waals surface area contributed by atoms with Crippen LogP contribution in [-0.2, 0) is 17.8 Å². The topological polar surface area (TPSA) is 29.5 Å². The lowest BCUT2D eigenvalue weighted by Crippen LogP contribution is -2.51. The number of carbonyl (C=O) groups is 1. The second-order valence-corrected chi connectivity index (χ2v) is 9.90. The van der Waals surface area contributed by atoms with Gasteiger partial charge in [-0.1, -0.05) is 80.9 Å². The Morgan fingerprint density at radius 3 is 2.50 bits per heavy atom. The van der Waals surface area contributed by atoms with E-state index in [-0.39, 0.29) is 24.2 Å². The molecule has 0 fully saturated rings. The van der Waals surface area contributed by atoms with Crippen LogP contribution in [-0.4, -0.2) is 12.1 Å². The zero-order valence-corrected chi connectivity index (χ0v) is 19.0. The van der Waals surface area contributed by atoms with Crippen molar-refractivity contribution < 1.29 is 9.53 Å². The summed E-state index contributed by atoms with van der Waals surface area (Å²) in [6.07, 6.45) is 1.65. The number of amides is 1. The maximum Gasteiger partial charge on any atom is 0.414 e. The number of nitrogens with zero attached hydrogens (tertiary/aromatic N) is 1. The highest BCUT2D eigenvalue weighted by Gasteiger charge is 2.40. The van der Waals surface area contributed by atoms with E-state index in [0.29, 0.717) is 5.92 Å². The summed E-state index contributed by atoms with van der Waals surface area (Å²) in [5, 5.41) is 0. The second-order valence-electron chi connectivity index (χ2n) is 8.99. The highest BCUT2D eigenvalue weighted by atomic mass is 79.9. The third-order valence-corrected chi connectivity index (χ3v) is 5.90. The summed E-state index contributed by atoms with van der Waals surface area (Å²) in [5.41, 5.74) is 4.41.